The summed E-state index contributed by atoms with van der Waals surface area (Å²) < 4.78 is 4.96. The van der Waals surface area contributed by atoms with Gasteiger partial charge in [-0.25, -0.2) is 0 Å². The average Bonchev–Trinajstić information content (AvgIpc) is 2.06. The summed E-state index contributed by atoms with van der Waals surface area (Å²) >= 11 is 0. The van der Waals surface area contributed by atoms with E-state index < -0.39 is 8.32 Å². The number of hydrogen-bond donors (Lipinski definition) is 0. The van der Waals surface area contributed by atoms with Gasteiger partial charge in [-0.3, -0.25) is 0 Å². The molecule has 3 heteroatoms. The van der Waals surface area contributed by atoms with Gasteiger partial charge in [0.15, 0.2) is 8.32 Å². The van der Waals surface area contributed by atoms with Crippen LogP contribution in [0.2, 0.25) is 13.1 Å². The van der Waals surface area contributed by atoms with Gasteiger partial charge < -0.3 is 11.5 Å². The number of rotatable bonds is 2. The minimum atomic E-state index is -1.78. The van der Waals surface area contributed by atoms with Gasteiger partial charge in [0.2, 0.25) is 0 Å². The SMILES string of the molecule is [CH-]O[Si](C)(C)c1ccccc1.[Rf]. The van der Waals surface area contributed by atoms with Crippen LogP contribution in [0.15, 0.2) is 30.3 Å². The van der Waals surface area contributed by atoms with Crippen LogP contribution in [-0.2, 0) is 4.43 Å². The van der Waals surface area contributed by atoms with Gasteiger partial charge in [-0.2, -0.15) is 0 Å². The molecule has 1 nitrogen and oxygen atoms in total. The maximum absolute atomic E-state index is 5.20. The van der Waals surface area contributed by atoms with E-state index in [9.17, 15) is 0 Å². The Morgan fingerprint density at radius 2 is 1.67 bits per heavy atom. The summed E-state index contributed by atoms with van der Waals surface area (Å²) in [7, 11) is 3.42. The average molecular weight is 431 g/mol. The minimum absolute atomic E-state index is 0. The van der Waals surface area contributed by atoms with Crippen molar-refractivity contribution in [3.63, 3.8) is 0 Å². The van der Waals surface area contributed by atoms with E-state index in [1.54, 1.807) is 0 Å². The van der Waals surface area contributed by atoms with Gasteiger partial charge in [-0.05, 0) is 18.3 Å². The fourth-order valence-electron chi connectivity index (χ4n) is 0.908. The zero-order valence-electron chi connectivity index (χ0n) is 7.58. The second-order valence-corrected chi connectivity index (χ2v) is 6.83. The molecule has 61 valence electrons. The van der Waals surface area contributed by atoms with Crippen LogP contribution < -0.4 is 5.19 Å². The van der Waals surface area contributed by atoms with E-state index in [1.807, 2.05) is 18.2 Å². The molecular weight excluding hydrogens is 419 g/mol. The number of hydrogen-bond acceptors (Lipinski definition) is 1. The molecule has 1 rings (SSSR count). The van der Waals surface area contributed by atoms with Crippen molar-refractivity contribution in [1.82, 2.24) is 0 Å². The van der Waals surface area contributed by atoms with E-state index in [2.05, 4.69) is 25.2 Å². The van der Waals surface area contributed by atoms with E-state index in [1.165, 1.54) is 5.19 Å². The van der Waals surface area contributed by atoms with Gasteiger partial charge in [-0.1, -0.05) is 30.3 Å². The van der Waals surface area contributed by atoms with Crippen LogP contribution in [0, 0.1) is 7.11 Å². The number of benzene rings is 1. The molecule has 0 aromatic heterocycles. The molecule has 1 radical (unpaired) electrons. The molecule has 0 atom stereocenters. The van der Waals surface area contributed by atoms with Crippen LogP contribution in [-0.4, -0.2) is 8.32 Å². The standard InChI is InChI=1S/C9H12OSi.Rf/c1-10-11(2,3)9-7-5-4-6-8-9;/h1,4-8H,2-3H3;/q-1;. The van der Waals surface area contributed by atoms with Gasteiger partial charge in [0, 0.05) is 0 Å². The molecule has 0 N–H and O–H groups in total. The molecule has 0 saturated heterocycles. The van der Waals surface area contributed by atoms with E-state index in [0.29, 0.717) is 0 Å². The molecule has 0 aliphatic carbocycles. The zero-order valence-corrected chi connectivity index (χ0v) is 15.0. The van der Waals surface area contributed by atoms with E-state index in [4.69, 9.17) is 11.5 Å². The third-order valence-electron chi connectivity index (χ3n) is 1.76. The van der Waals surface area contributed by atoms with Crippen LogP contribution in [0.4, 0.5) is 0 Å². The molecule has 0 unspecified atom stereocenters. The van der Waals surface area contributed by atoms with Crippen molar-refractivity contribution in [2.45, 2.75) is 13.1 Å². The molecule has 12 heavy (non-hydrogen) atoms. The van der Waals surface area contributed by atoms with Crippen LogP contribution in [0.25, 0.3) is 0 Å². The van der Waals surface area contributed by atoms with Gasteiger partial charge in [0.25, 0.3) is 0 Å². The van der Waals surface area contributed by atoms with Crippen molar-refractivity contribution in [2.75, 3.05) is 0 Å². The fraction of sp³-hybridized carbons (Fsp3) is 0.222. The van der Waals surface area contributed by atoms with Crippen molar-refractivity contribution in [1.29, 1.82) is 0 Å². The third-order valence-corrected chi connectivity index (χ3v) is 4.08. The molecule has 0 bridgehead atoms. The first-order valence-electron chi connectivity index (χ1n) is 3.60. The topological polar surface area (TPSA) is 9.23 Å². The molecule has 1 aromatic carbocycles. The molecule has 0 spiro atoms. The summed E-state index contributed by atoms with van der Waals surface area (Å²) in [6, 6.07) is 10.1. The van der Waals surface area contributed by atoms with Gasteiger partial charge >= 0.3 is 0 Å². The molecule has 1 aromatic rings. The van der Waals surface area contributed by atoms with Crippen molar-refractivity contribution in [3.05, 3.63) is 37.4 Å². The monoisotopic (exact) mass is 431 g/mol. The first-order valence-corrected chi connectivity index (χ1v) is 6.51. The maximum atomic E-state index is 5.20. The Bertz CT molecular complexity index is 223. The van der Waals surface area contributed by atoms with Gasteiger partial charge in [-0.15, -0.1) is 0 Å². The second-order valence-electron chi connectivity index (χ2n) is 2.99. The smallest absolute Gasteiger partial charge is 0.183 e. The summed E-state index contributed by atoms with van der Waals surface area (Å²) in [4.78, 5) is 0. The maximum Gasteiger partial charge on any atom is 0.183 e. The summed E-state index contributed by atoms with van der Waals surface area (Å²) in [6.07, 6.45) is 0. The van der Waals surface area contributed by atoms with Crippen LogP contribution in [0.3, 0.4) is 0 Å². The first-order chi connectivity index (χ1) is 5.17. The molecule has 0 amide bonds. The van der Waals surface area contributed by atoms with E-state index >= 15 is 0 Å². The molecule has 0 aliphatic rings. The minimum Gasteiger partial charge on any atom is -0.619 e. The molecule has 0 aliphatic heterocycles. The summed E-state index contributed by atoms with van der Waals surface area (Å²) in [5, 5.41) is 1.22. The molecule has 0 saturated carbocycles. The Morgan fingerprint density at radius 3 is 2.08 bits per heavy atom. The first kappa shape index (κ1) is 10.4. The zero-order chi connectivity index (χ0) is 8.32. The predicted octanol–water partition coefficient (Wildman–Crippen LogP) is 1.78. The van der Waals surface area contributed by atoms with Crippen LogP contribution >= 0.6 is 0 Å². The fourth-order valence-corrected chi connectivity index (χ4v) is 2.04. The normalized spacial score (nSPS) is 10.6. The van der Waals surface area contributed by atoms with Crippen LogP contribution in [0.1, 0.15) is 0 Å². The van der Waals surface area contributed by atoms with Crippen molar-refractivity contribution < 1.29 is 4.43 Å². The van der Waals surface area contributed by atoms with Gasteiger partial charge in [0.05, 0.1) is 0 Å². The summed E-state index contributed by atoms with van der Waals surface area (Å²) in [5.41, 5.74) is 0. The molecular formula is C9H12ORfSi-. The van der Waals surface area contributed by atoms with Crippen molar-refractivity contribution in [3.8, 4) is 0 Å². The molecule has 0 heterocycles. The van der Waals surface area contributed by atoms with Crippen molar-refractivity contribution >= 4 is 13.5 Å². The Labute approximate surface area is 69.1 Å². The van der Waals surface area contributed by atoms with E-state index in [-0.39, 0.29) is 0 Å². The van der Waals surface area contributed by atoms with Crippen molar-refractivity contribution in [2.24, 2.45) is 0 Å². The Hall–Kier alpha value is -1.60. The Morgan fingerprint density at radius 1 is 1.17 bits per heavy atom. The summed E-state index contributed by atoms with van der Waals surface area (Å²) in [5.74, 6) is 0. The van der Waals surface area contributed by atoms with Gasteiger partial charge in [0.1, 0.15) is 0 Å². The third kappa shape index (κ3) is 1.94. The van der Waals surface area contributed by atoms with E-state index in [0.717, 1.165) is 0 Å². The Kier molecular flexibility index (Phi) is 3.20. The predicted molar refractivity (Wildman–Crippen MR) is 48.9 cm³/mol. The second kappa shape index (κ2) is 3.69. The quantitative estimate of drug-likeness (QED) is 0.513. The molecule has 0 fully saturated rings. The summed E-state index contributed by atoms with van der Waals surface area (Å²) in [6.45, 7) is 4.14. The van der Waals surface area contributed by atoms with Crippen LogP contribution in [0.5, 0.6) is 0 Å². The largest absolute Gasteiger partial charge is 0.619 e. The Balaban J connectivity index is 0.00000121.